The molecule has 0 saturated heterocycles. The van der Waals surface area contributed by atoms with Crippen LogP contribution in [-0.2, 0) is 6.42 Å². The SMILES string of the molecule is Nc1cccc(C2NC(=O)N=C3c4ccccc4CCC32)c1. The van der Waals surface area contributed by atoms with Crippen LogP contribution in [0, 0.1) is 5.92 Å². The fraction of sp³-hybridized carbons (Fsp3) is 0.222. The van der Waals surface area contributed by atoms with Gasteiger partial charge >= 0.3 is 6.03 Å². The van der Waals surface area contributed by atoms with E-state index in [1.54, 1.807) is 0 Å². The highest BCUT2D eigenvalue weighted by atomic mass is 16.2. The van der Waals surface area contributed by atoms with Crippen molar-refractivity contribution in [3.05, 3.63) is 65.2 Å². The van der Waals surface area contributed by atoms with Gasteiger partial charge in [-0.1, -0.05) is 36.4 Å². The second-order valence-electron chi connectivity index (χ2n) is 5.90. The second-order valence-corrected chi connectivity index (χ2v) is 5.90. The third-order valence-electron chi connectivity index (χ3n) is 4.54. The van der Waals surface area contributed by atoms with Crippen LogP contribution in [0.2, 0.25) is 0 Å². The van der Waals surface area contributed by atoms with Gasteiger partial charge in [-0.3, -0.25) is 0 Å². The van der Waals surface area contributed by atoms with E-state index in [1.807, 2.05) is 36.4 Å². The lowest BCUT2D eigenvalue weighted by Gasteiger charge is -2.36. The summed E-state index contributed by atoms with van der Waals surface area (Å²) in [6, 6.07) is 15.7. The Morgan fingerprint density at radius 1 is 1.14 bits per heavy atom. The van der Waals surface area contributed by atoms with Gasteiger partial charge in [0.2, 0.25) is 0 Å². The number of hydrogen-bond donors (Lipinski definition) is 2. The summed E-state index contributed by atoms with van der Waals surface area (Å²) in [6.07, 6.45) is 1.99. The standard InChI is InChI=1S/C18H17N3O/c19-13-6-3-5-12(10-13)16-15-9-8-11-4-1-2-7-14(11)17(15)21-18(22)20-16/h1-7,10,15-16H,8-9,19H2,(H,20,22). The summed E-state index contributed by atoms with van der Waals surface area (Å²) in [4.78, 5) is 16.3. The van der Waals surface area contributed by atoms with Gasteiger partial charge < -0.3 is 11.1 Å². The lowest BCUT2D eigenvalue weighted by Crippen LogP contribution is -2.43. The number of nitrogens with two attached hydrogens (primary N) is 1. The number of carbonyl (C=O) groups excluding carboxylic acids is 1. The molecule has 4 heteroatoms. The normalized spacial score (nSPS) is 23.1. The van der Waals surface area contributed by atoms with Crippen molar-refractivity contribution in [2.45, 2.75) is 18.9 Å². The van der Waals surface area contributed by atoms with E-state index in [0.29, 0.717) is 5.69 Å². The highest BCUT2D eigenvalue weighted by Gasteiger charge is 2.37. The van der Waals surface area contributed by atoms with E-state index >= 15 is 0 Å². The maximum atomic E-state index is 12.1. The summed E-state index contributed by atoms with van der Waals surface area (Å²) < 4.78 is 0. The molecule has 0 radical (unpaired) electrons. The molecule has 2 aromatic rings. The fourth-order valence-electron chi connectivity index (χ4n) is 3.55. The summed E-state index contributed by atoms with van der Waals surface area (Å²) in [6.45, 7) is 0. The third kappa shape index (κ3) is 2.08. The summed E-state index contributed by atoms with van der Waals surface area (Å²) in [7, 11) is 0. The predicted octanol–water partition coefficient (Wildman–Crippen LogP) is 3.08. The second kappa shape index (κ2) is 4.98. The van der Waals surface area contributed by atoms with Crippen LogP contribution >= 0.6 is 0 Å². The molecule has 1 aliphatic heterocycles. The van der Waals surface area contributed by atoms with Crippen molar-refractivity contribution >= 4 is 17.4 Å². The third-order valence-corrected chi connectivity index (χ3v) is 4.54. The number of urea groups is 1. The molecule has 2 aromatic carbocycles. The number of aliphatic imine (C=N–C) groups is 1. The number of aryl methyl sites for hydroxylation is 1. The molecule has 0 bridgehead atoms. The summed E-state index contributed by atoms with van der Waals surface area (Å²) in [5, 5.41) is 3.01. The number of carbonyl (C=O) groups is 1. The molecule has 3 N–H and O–H groups in total. The molecule has 2 aliphatic rings. The van der Waals surface area contributed by atoms with Crippen molar-refractivity contribution in [1.82, 2.24) is 5.32 Å². The molecule has 1 aliphatic carbocycles. The Balaban J connectivity index is 1.80. The van der Waals surface area contributed by atoms with Gasteiger partial charge in [-0.2, -0.15) is 4.99 Å². The monoisotopic (exact) mass is 291 g/mol. The number of nitrogens with zero attached hydrogens (tertiary/aromatic N) is 1. The predicted molar refractivity (Wildman–Crippen MR) is 86.9 cm³/mol. The Hall–Kier alpha value is -2.62. The van der Waals surface area contributed by atoms with Gasteiger partial charge in [-0.25, -0.2) is 4.79 Å². The van der Waals surface area contributed by atoms with Crippen molar-refractivity contribution < 1.29 is 4.79 Å². The Bertz CT molecular complexity index is 781. The minimum atomic E-state index is -0.268. The number of nitrogens with one attached hydrogen (secondary N) is 1. The molecule has 0 fully saturated rings. The van der Waals surface area contributed by atoms with Crippen LogP contribution in [-0.4, -0.2) is 11.7 Å². The van der Waals surface area contributed by atoms with E-state index in [-0.39, 0.29) is 18.0 Å². The van der Waals surface area contributed by atoms with Crippen molar-refractivity contribution in [2.75, 3.05) is 5.73 Å². The Kier molecular flexibility index (Phi) is 2.96. The van der Waals surface area contributed by atoms with Gasteiger partial charge in [0.1, 0.15) is 0 Å². The van der Waals surface area contributed by atoms with E-state index in [2.05, 4.69) is 22.4 Å². The Labute approximate surface area is 129 Å². The number of rotatable bonds is 1. The zero-order valence-electron chi connectivity index (χ0n) is 12.1. The quantitative estimate of drug-likeness (QED) is 0.793. The molecule has 4 nitrogen and oxygen atoms in total. The topological polar surface area (TPSA) is 67.5 Å². The van der Waals surface area contributed by atoms with E-state index in [0.717, 1.165) is 29.7 Å². The highest BCUT2D eigenvalue weighted by Crippen LogP contribution is 2.37. The largest absolute Gasteiger partial charge is 0.399 e. The van der Waals surface area contributed by atoms with Crippen molar-refractivity contribution in [2.24, 2.45) is 10.9 Å². The zero-order valence-corrected chi connectivity index (χ0v) is 12.1. The summed E-state index contributed by atoms with van der Waals surface area (Å²) in [5.74, 6) is 0.203. The van der Waals surface area contributed by atoms with Crippen LogP contribution in [0.5, 0.6) is 0 Å². The first-order valence-electron chi connectivity index (χ1n) is 7.55. The van der Waals surface area contributed by atoms with E-state index < -0.39 is 0 Å². The van der Waals surface area contributed by atoms with Gasteiger partial charge in [0.15, 0.2) is 0 Å². The maximum absolute atomic E-state index is 12.1. The lowest BCUT2D eigenvalue weighted by atomic mass is 9.75. The molecule has 1 heterocycles. The number of anilines is 1. The maximum Gasteiger partial charge on any atom is 0.341 e. The number of nitrogen functional groups attached to an aromatic ring is 1. The molecular weight excluding hydrogens is 274 g/mol. The fourth-order valence-corrected chi connectivity index (χ4v) is 3.55. The first-order valence-corrected chi connectivity index (χ1v) is 7.55. The lowest BCUT2D eigenvalue weighted by molar-refractivity contribution is 0.239. The van der Waals surface area contributed by atoms with Gasteiger partial charge in [-0.15, -0.1) is 0 Å². The number of hydrogen-bond acceptors (Lipinski definition) is 2. The molecule has 2 atom stereocenters. The van der Waals surface area contributed by atoms with Crippen LogP contribution in [0.25, 0.3) is 0 Å². The molecule has 2 unspecified atom stereocenters. The van der Waals surface area contributed by atoms with Gasteiger partial charge in [-0.05, 0) is 41.7 Å². The van der Waals surface area contributed by atoms with Crippen molar-refractivity contribution in [3.8, 4) is 0 Å². The van der Waals surface area contributed by atoms with Crippen LogP contribution in [0.3, 0.4) is 0 Å². The van der Waals surface area contributed by atoms with E-state index in [4.69, 9.17) is 5.73 Å². The molecule has 4 rings (SSSR count). The van der Waals surface area contributed by atoms with Crippen molar-refractivity contribution in [1.29, 1.82) is 0 Å². The minimum absolute atomic E-state index is 0.0585. The molecule has 22 heavy (non-hydrogen) atoms. The molecular formula is C18H17N3O. The molecule has 2 amide bonds. The first kappa shape index (κ1) is 13.1. The average molecular weight is 291 g/mol. The first-order chi connectivity index (χ1) is 10.7. The Morgan fingerprint density at radius 2 is 2.00 bits per heavy atom. The van der Waals surface area contributed by atoms with Gasteiger partial charge in [0.25, 0.3) is 0 Å². The Morgan fingerprint density at radius 3 is 2.86 bits per heavy atom. The van der Waals surface area contributed by atoms with Gasteiger partial charge in [0.05, 0.1) is 11.8 Å². The van der Waals surface area contributed by atoms with Crippen molar-refractivity contribution in [3.63, 3.8) is 0 Å². The van der Waals surface area contributed by atoms with Crippen LogP contribution < -0.4 is 11.1 Å². The highest BCUT2D eigenvalue weighted by molar-refractivity contribution is 6.11. The van der Waals surface area contributed by atoms with Crippen LogP contribution in [0.1, 0.15) is 29.2 Å². The smallest absolute Gasteiger partial charge is 0.341 e. The number of amides is 2. The summed E-state index contributed by atoms with van der Waals surface area (Å²) >= 11 is 0. The summed E-state index contributed by atoms with van der Waals surface area (Å²) in [5.41, 5.74) is 11.0. The van der Waals surface area contributed by atoms with Crippen LogP contribution in [0.15, 0.2) is 53.5 Å². The van der Waals surface area contributed by atoms with E-state index in [1.165, 1.54) is 5.56 Å². The minimum Gasteiger partial charge on any atom is -0.399 e. The van der Waals surface area contributed by atoms with E-state index in [9.17, 15) is 4.79 Å². The molecule has 0 aromatic heterocycles. The molecule has 0 saturated carbocycles. The van der Waals surface area contributed by atoms with Gasteiger partial charge in [0, 0.05) is 11.6 Å². The molecule has 0 spiro atoms. The zero-order chi connectivity index (χ0) is 15.1. The van der Waals surface area contributed by atoms with Crippen LogP contribution in [0.4, 0.5) is 10.5 Å². The average Bonchev–Trinajstić information content (AvgIpc) is 2.54. The number of fused-ring (bicyclic) bond motifs is 3. The number of benzene rings is 2. The molecule has 110 valence electrons.